The first kappa shape index (κ1) is 85.6. The molecular weight excluding hydrogens is 2140 g/mol. The fourth-order valence-corrected chi connectivity index (χ4v) is 25.0. The minimum atomic E-state index is -0.714. The zero-order chi connectivity index (χ0) is 72.5. The van der Waals surface area contributed by atoms with Crippen molar-refractivity contribution in [2.75, 3.05) is 24.6 Å². The van der Waals surface area contributed by atoms with Crippen molar-refractivity contribution in [3.63, 3.8) is 0 Å². The van der Waals surface area contributed by atoms with E-state index in [0.717, 1.165) is 77.2 Å². The van der Waals surface area contributed by atoms with Crippen LogP contribution in [0.25, 0.3) is 55.0 Å². The molecule has 0 atom stereocenters. The van der Waals surface area contributed by atoms with Crippen molar-refractivity contribution >= 4 is 118 Å². The molecule has 2 aromatic heterocycles. The molecule has 16 rings (SSSR count). The molecule has 0 fully saturated rings. The van der Waals surface area contributed by atoms with Gasteiger partial charge < -0.3 is 34.8 Å². The van der Waals surface area contributed by atoms with Gasteiger partial charge in [0.25, 0.3) is 0 Å². The van der Waals surface area contributed by atoms with Crippen LogP contribution in [0.2, 0.25) is 0 Å². The van der Waals surface area contributed by atoms with E-state index in [0.29, 0.717) is 0 Å². The van der Waals surface area contributed by atoms with Crippen molar-refractivity contribution in [2.45, 2.75) is 25.7 Å². The zero-order valence-corrected chi connectivity index (χ0v) is 73.2. The van der Waals surface area contributed by atoms with E-state index in [1.165, 1.54) is 92.8 Å². The Morgan fingerprint density at radius 3 is 0.509 bits per heavy atom. The number of hydrogen-bond acceptors (Lipinski definition) is 0. The Morgan fingerprint density at radius 2 is 0.355 bits per heavy atom. The monoisotopic (exact) mass is 2220 g/mol. The quantitative estimate of drug-likeness (QED) is 0.0237. The standard InChI is InChI=1S/2C28H28P2.2C22H11N.4Au/c2*1-5-15-25(16-6-1)29(26-17-7-2-8-18-26)23-13-14-24-30(27-19-9-3-10-20-27)28-21-11-4-12-22-28;2*1-3-16-10-12-21-19(14-16)20-15-17(4-2)11-13-22(20)23(21)18-8-6-5-7-9-18;;;;/h2*1-12,15-22H,13-14,23-24H2;2*5-15H;;;;/q;;2*-2;4*+1/p+4. The molecule has 0 radical (unpaired) electrons. The zero-order valence-electron chi connectivity index (χ0n) is 60.6. The Labute approximate surface area is 718 Å². The van der Waals surface area contributed by atoms with Crippen LogP contribution in [-0.2, 0) is 89.5 Å². The number of hydrogen-bond donors (Lipinski definition) is 0. The van der Waals surface area contributed by atoms with Crippen LogP contribution in [0.3, 0.4) is 0 Å². The number of para-hydroxylation sites is 2. The molecule has 0 saturated carbocycles. The molecule has 16 aromatic rings. The maximum Gasteiger partial charge on any atom is 1.00 e. The molecule has 552 valence electrons. The third kappa shape index (κ3) is 22.0. The van der Waals surface area contributed by atoms with Crippen molar-refractivity contribution in [3.05, 3.63) is 424 Å². The Bertz CT molecular complexity index is 4830. The molecule has 0 aliphatic carbocycles. The molecule has 0 spiro atoms. The largest absolute Gasteiger partial charge is 1.00 e. The third-order valence-corrected chi connectivity index (χ3v) is 31.0. The van der Waals surface area contributed by atoms with Crippen molar-refractivity contribution in [3.8, 4) is 35.1 Å². The molecule has 0 N–H and O–H groups in total. The van der Waals surface area contributed by atoms with Crippen LogP contribution in [0.15, 0.2) is 376 Å². The first-order valence-electron chi connectivity index (χ1n) is 36.3. The summed E-state index contributed by atoms with van der Waals surface area (Å²) in [4.78, 5) is 0. The maximum atomic E-state index is 7.38. The molecule has 0 aliphatic heterocycles. The van der Waals surface area contributed by atoms with Crippen molar-refractivity contribution in [1.29, 1.82) is 0 Å². The first-order chi connectivity index (χ1) is 52.5. The van der Waals surface area contributed by atoms with Crippen LogP contribution in [0, 0.1) is 49.4 Å². The number of fused-ring (bicyclic) bond motifs is 6. The molecule has 0 unspecified atom stereocenters. The normalized spacial score (nSPS) is 10.5. The molecule has 10 heteroatoms. The molecule has 14 aromatic carbocycles. The molecular formula is C100H82Au4N2P4+4. The summed E-state index contributed by atoms with van der Waals surface area (Å²) in [6, 6.07) is 133. The molecule has 0 aliphatic rings. The average molecular weight is 2220 g/mol. The van der Waals surface area contributed by atoms with Gasteiger partial charge in [-0.2, -0.15) is 0 Å². The average Bonchev–Trinajstić information content (AvgIpc) is 1.60. The van der Waals surface area contributed by atoms with Crippen molar-refractivity contribution in [1.82, 2.24) is 9.13 Å². The van der Waals surface area contributed by atoms with Gasteiger partial charge in [-0.25, -0.2) is 0 Å². The topological polar surface area (TPSA) is 9.86 Å². The minimum Gasteiger partial charge on any atom is -0.366 e. The Kier molecular flexibility index (Phi) is 34.7. The minimum absolute atomic E-state index is 0. The van der Waals surface area contributed by atoms with E-state index in [9.17, 15) is 0 Å². The van der Waals surface area contributed by atoms with Gasteiger partial charge in [-0.15, -0.1) is 70.8 Å². The van der Waals surface area contributed by atoms with Gasteiger partial charge >= 0.3 is 89.5 Å². The van der Waals surface area contributed by atoms with Crippen LogP contribution in [0.1, 0.15) is 47.9 Å². The van der Waals surface area contributed by atoms with E-state index >= 15 is 0 Å². The number of unbranched alkanes of at least 4 members (excludes halogenated alkanes) is 2. The van der Waals surface area contributed by atoms with Gasteiger partial charge in [-0.1, -0.05) is 206 Å². The van der Waals surface area contributed by atoms with E-state index in [2.05, 4.69) is 300 Å². The summed E-state index contributed by atoms with van der Waals surface area (Å²) in [6.45, 7) is 0. The van der Waals surface area contributed by atoms with Crippen LogP contribution in [-0.4, -0.2) is 33.8 Å². The number of rotatable bonds is 20. The van der Waals surface area contributed by atoms with E-state index in [-0.39, 0.29) is 89.5 Å². The maximum absolute atomic E-state index is 7.38. The summed E-state index contributed by atoms with van der Waals surface area (Å²) in [6.07, 6.45) is 39.9. The van der Waals surface area contributed by atoms with Gasteiger partial charge in [-0.3, -0.25) is 23.7 Å². The van der Waals surface area contributed by atoms with Crippen molar-refractivity contribution in [2.24, 2.45) is 0 Å². The Balaban J connectivity index is 0.000000168. The van der Waals surface area contributed by atoms with Crippen LogP contribution < -0.4 is 42.4 Å². The second-order valence-electron chi connectivity index (χ2n) is 26.0. The van der Waals surface area contributed by atoms with Gasteiger partial charge in [0.2, 0.25) is 0 Å². The summed E-state index contributed by atoms with van der Waals surface area (Å²) in [5.41, 5.74) is 9.46. The van der Waals surface area contributed by atoms with Crippen LogP contribution >= 0.6 is 31.7 Å². The van der Waals surface area contributed by atoms with Gasteiger partial charge in [0.15, 0.2) is 0 Å². The predicted molar refractivity (Wildman–Crippen MR) is 466 cm³/mol. The summed E-state index contributed by atoms with van der Waals surface area (Å²) in [7, 11) is -2.86. The van der Waals surface area contributed by atoms with E-state index in [4.69, 9.17) is 25.7 Å². The third-order valence-electron chi connectivity index (χ3n) is 19.3. The van der Waals surface area contributed by atoms with Gasteiger partial charge in [-0.05, 0) is 169 Å². The van der Waals surface area contributed by atoms with Gasteiger partial charge in [0.1, 0.15) is 0 Å². The molecule has 0 amide bonds. The Hall–Kier alpha value is -8.40. The molecule has 0 saturated heterocycles. The number of benzene rings is 14. The van der Waals surface area contributed by atoms with E-state index in [1.807, 2.05) is 109 Å². The number of aromatic nitrogens is 2. The fourth-order valence-electron chi connectivity index (χ4n) is 14.2. The Morgan fingerprint density at radius 1 is 0.200 bits per heavy atom. The smallest absolute Gasteiger partial charge is 0.366 e. The van der Waals surface area contributed by atoms with Gasteiger partial charge in [0.05, 0.1) is 121 Å². The summed E-state index contributed by atoms with van der Waals surface area (Å²) >= 11 is 0. The van der Waals surface area contributed by atoms with E-state index < -0.39 is 31.7 Å². The molecule has 2 nitrogen and oxygen atoms in total. The predicted octanol–water partition coefficient (Wildman–Crippen LogP) is 20.3. The van der Waals surface area contributed by atoms with Crippen molar-refractivity contribution < 1.29 is 89.5 Å². The van der Waals surface area contributed by atoms with Crippen LogP contribution in [0.5, 0.6) is 0 Å². The first-order valence-corrected chi connectivity index (χ1v) is 43.1. The molecule has 110 heavy (non-hydrogen) atoms. The number of nitrogens with zero attached hydrogens (tertiary/aromatic N) is 2. The summed E-state index contributed by atoms with van der Waals surface area (Å²) in [5, 5.41) is 16.5. The SMILES string of the molecule is [Au+].[Au+].[Au+].[Au+].[C-]#Cc1ccc2c(c1)c1cc(C#[C-])ccc1n2-c1ccccc1.[C-]#Cc1ccc2c(c1)c1cc(C#[C-])ccc1n2-c1ccccc1.c1ccc([PH+](CCCC[PH+](c2ccccc2)c2ccccc2)c2ccccc2)cc1.c1ccc([PH+](CCCC[PH+](c2ccccc2)c2ccccc2)c2ccccc2)cc1. The summed E-state index contributed by atoms with van der Waals surface area (Å²) in [5.74, 6) is 9.80. The molecule has 2 heterocycles. The van der Waals surface area contributed by atoms with E-state index in [1.54, 1.807) is 0 Å². The van der Waals surface area contributed by atoms with Gasteiger partial charge in [0, 0.05) is 11.4 Å². The van der Waals surface area contributed by atoms with Crippen LogP contribution in [0.4, 0.5) is 0 Å². The molecule has 0 bridgehead atoms. The second-order valence-corrected chi connectivity index (χ2v) is 36.5. The second kappa shape index (κ2) is 44.6. The summed E-state index contributed by atoms with van der Waals surface area (Å²) < 4.78 is 4.40. The fraction of sp³-hybridized carbons (Fsp3) is 0.0800.